The van der Waals surface area contributed by atoms with Gasteiger partial charge in [-0.25, -0.2) is 0 Å². The number of piperazine rings is 1. The van der Waals surface area contributed by atoms with Crippen molar-refractivity contribution in [3.05, 3.63) is 29.8 Å². The number of carbonyl (C=O) groups is 1. The maximum atomic E-state index is 11.5. The van der Waals surface area contributed by atoms with Gasteiger partial charge in [-0.1, -0.05) is 25.5 Å². The molecule has 4 heteroatoms. The molecule has 1 amide bonds. The number of nitrogens with two attached hydrogens (primary N) is 1. The Morgan fingerprint density at radius 2 is 1.79 bits per heavy atom. The molecule has 1 fully saturated rings. The van der Waals surface area contributed by atoms with E-state index < -0.39 is 0 Å². The molecule has 0 bridgehead atoms. The number of amides is 1. The highest BCUT2D eigenvalue weighted by Crippen LogP contribution is 2.18. The number of carbonyl (C=O) groups excluding carboxylic acids is 1. The fourth-order valence-corrected chi connectivity index (χ4v) is 2.51. The Labute approximate surface area is 115 Å². The van der Waals surface area contributed by atoms with Gasteiger partial charge >= 0.3 is 0 Å². The molecule has 0 aliphatic carbocycles. The van der Waals surface area contributed by atoms with E-state index in [0.29, 0.717) is 0 Å². The van der Waals surface area contributed by atoms with Crippen LogP contribution in [0.2, 0.25) is 0 Å². The van der Waals surface area contributed by atoms with Gasteiger partial charge in [-0.05, 0) is 24.1 Å². The molecule has 0 radical (unpaired) electrons. The van der Waals surface area contributed by atoms with Crippen molar-refractivity contribution in [3.8, 4) is 0 Å². The molecule has 0 unspecified atom stereocenters. The van der Waals surface area contributed by atoms with Crippen molar-refractivity contribution in [3.63, 3.8) is 0 Å². The van der Waals surface area contributed by atoms with Crippen molar-refractivity contribution in [1.82, 2.24) is 4.90 Å². The fraction of sp³-hybridized carbons (Fsp3) is 0.533. The number of rotatable bonds is 4. The van der Waals surface area contributed by atoms with E-state index in [2.05, 4.69) is 36.1 Å². The first-order valence-electron chi connectivity index (χ1n) is 7.06. The van der Waals surface area contributed by atoms with E-state index >= 15 is 0 Å². The van der Waals surface area contributed by atoms with Crippen LogP contribution in [0.3, 0.4) is 0 Å². The summed E-state index contributed by atoms with van der Waals surface area (Å²) >= 11 is 0. The second-order valence-corrected chi connectivity index (χ2v) is 4.99. The second-order valence-electron chi connectivity index (χ2n) is 4.99. The van der Waals surface area contributed by atoms with Crippen LogP contribution in [0.15, 0.2) is 24.3 Å². The van der Waals surface area contributed by atoms with Crippen molar-refractivity contribution in [2.45, 2.75) is 19.8 Å². The van der Waals surface area contributed by atoms with Crippen molar-refractivity contribution in [1.29, 1.82) is 0 Å². The molecule has 2 N–H and O–H groups in total. The van der Waals surface area contributed by atoms with Gasteiger partial charge in [0.2, 0.25) is 5.91 Å². The zero-order valence-corrected chi connectivity index (χ0v) is 11.6. The third kappa shape index (κ3) is 3.47. The number of hydrogen-bond donors (Lipinski definition) is 1. The van der Waals surface area contributed by atoms with E-state index in [1.54, 1.807) is 0 Å². The molecular weight excluding hydrogens is 238 g/mol. The van der Waals surface area contributed by atoms with Crippen LogP contribution in [0.1, 0.15) is 18.9 Å². The van der Waals surface area contributed by atoms with Gasteiger partial charge in [0.15, 0.2) is 0 Å². The maximum Gasteiger partial charge on any atom is 0.236 e. The largest absolute Gasteiger partial charge is 0.368 e. The number of anilines is 1. The normalized spacial score (nSPS) is 15.7. The SMILES string of the molecule is CCCc1ccc(N2CCN(C(=O)CN)CC2)cc1. The standard InChI is InChI=1S/C15H23N3O/c1-2-3-13-4-6-14(7-5-13)17-8-10-18(11-9-17)15(19)12-16/h4-7H,2-3,8-12,16H2,1H3. The van der Waals surface area contributed by atoms with Gasteiger partial charge in [-0.2, -0.15) is 0 Å². The average Bonchev–Trinajstić information content (AvgIpc) is 2.48. The van der Waals surface area contributed by atoms with Crippen LogP contribution in [0.25, 0.3) is 0 Å². The molecule has 1 heterocycles. The first kappa shape index (κ1) is 13.9. The van der Waals surface area contributed by atoms with Gasteiger partial charge in [0.1, 0.15) is 0 Å². The van der Waals surface area contributed by atoms with E-state index in [0.717, 1.165) is 32.6 Å². The van der Waals surface area contributed by atoms with Gasteiger partial charge in [0.25, 0.3) is 0 Å². The van der Waals surface area contributed by atoms with Crippen LogP contribution in [-0.2, 0) is 11.2 Å². The fourth-order valence-electron chi connectivity index (χ4n) is 2.51. The van der Waals surface area contributed by atoms with Crippen LogP contribution in [-0.4, -0.2) is 43.5 Å². The summed E-state index contributed by atoms with van der Waals surface area (Å²) in [7, 11) is 0. The maximum absolute atomic E-state index is 11.5. The van der Waals surface area contributed by atoms with Crippen molar-refractivity contribution < 1.29 is 4.79 Å². The topological polar surface area (TPSA) is 49.6 Å². The van der Waals surface area contributed by atoms with Crippen LogP contribution < -0.4 is 10.6 Å². The molecule has 104 valence electrons. The summed E-state index contributed by atoms with van der Waals surface area (Å²) in [4.78, 5) is 15.7. The lowest BCUT2D eigenvalue weighted by molar-refractivity contribution is -0.129. The number of benzene rings is 1. The first-order chi connectivity index (χ1) is 9.24. The molecule has 1 saturated heterocycles. The lowest BCUT2D eigenvalue weighted by atomic mass is 10.1. The Morgan fingerprint density at radius 1 is 1.16 bits per heavy atom. The number of nitrogens with zero attached hydrogens (tertiary/aromatic N) is 2. The Balaban J connectivity index is 1.92. The average molecular weight is 261 g/mol. The lowest BCUT2D eigenvalue weighted by Gasteiger charge is -2.36. The molecule has 0 atom stereocenters. The summed E-state index contributed by atoms with van der Waals surface area (Å²) in [5.74, 6) is 0.0537. The smallest absolute Gasteiger partial charge is 0.236 e. The van der Waals surface area contributed by atoms with Gasteiger partial charge in [0.05, 0.1) is 6.54 Å². The Morgan fingerprint density at radius 3 is 2.32 bits per heavy atom. The second kappa shape index (κ2) is 6.57. The quantitative estimate of drug-likeness (QED) is 0.887. The monoisotopic (exact) mass is 261 g/mol. The molecular formula is C15H23N3O. The van der Waals surface area contributed by atoms with Crippen molar-refractivity contribution in [2.75, 3.05) is 37.6 Å². The van der Waals surface area contributed by atoms with Crippen molar-refractivity contribution >= 4 is 11.6 Å². The van der Waals surface area contributed by atoms with Gasteiger partial charge in [-0.15, -0.1) is 0 Å². The Hall–Kier alpha value is -1.55. The summed E-state index contributed by atoms with van der Waals surface area (Å²) in [6, 6.07) is 8.78. The highest BCUT2D eigenvalue weighted by molar-refractivity contribution is 5.78. The molecule has 1 aromatic rings. The van der Waals surface area contributed by atoms with Crippen LogP contribution in [0.5, 0.6) is 0 Å². The third-order valence-electron chi connectivity index (χ3n) is 3.65. The lowest BCUT2D eigenvalue weighted by Crippen LogP contribution is -2.50. The minimum absolute atomic E-state index is 0.0537. The Kier molecular flexibility index (Phi) is 4.80. The molecule has 0 saturated carbocycles. The van der Waals surface area contributed by atoms with E-state index in [-0.39, 0.29) is 12.5 Å². The first-order valence-corrected chi connectivity index (χ1v) is 7.06. The van der Waals surface area contributed by atoms with Crippen molar-refractivity contribution in [2.24, 2.45) is 5.73 Å². The van der Waals surface area contributed by atoms with Gasteiger partial charge in [0, 0.05) is 31.9 Å². The molecule has 19 heavy (non-hydrogen) atoms. The summed E-state index contributed by atoms with van der Waals surface area (Å²) < 4.78 is 0. The summed E-state index contributed by atoms with van der Waals surface area (Å²) in [5, 5.41) is 0. The molecule has 1 aromatic carbocycles. The molecule has 0 aromatic heterocycles. The van der Waals surface area contributed by atoms with Gasteiger partial charge in [-0.3, -0.25) is 4.79 Å². The van der Waals surface area contributed by atoms with E-state index in [9.17, 15) is 4.79 Å². The van der Waals surface area contributed by atoms with E-state index in [1.807, 2.05) is 4.90 Å². The molecule has 0 spiro atoms. The van der Waals surface area contributed by atoms with E-state index in [4.69, 9.17) is 5.73 Å². The molecule has 2 rings (SSSR count). The molecule has 4 nitrogen and oxygen atoms in total. The van der Waals surface area contributed by atoms with Gasteiger partial charge < -0.3 is 15.5 Å². The highest BCUT2D eigenvalue weighted by atomic mass is 16.2. The summed E-state index contributed by atoms with van der Waals surface area (Å²) in [6.45, 7) is 5.63. The zero-order valence-electron chi connectivity index (χ0n) is 11.6. The third-order valence-corrected chi connectivity index (χ3v) is 3.65. The predicted molar refractivity (Wildman–Crippen MR) is 78.3 cm³/mol. The summed E-state index contributed by atoms with van der Waals surface area (Å²) in [5.41, 5.74) is 8.03. The van der Waals surface area contributed by atoms with Crippen LogP contribution in [0, 0.1) is 0 Å². The number of hydrogen-bond acceptors (Lipinski definition) is 3. The minimum Gasteiger partial charge on any atom is -0.368 e. The minimum atomic E-state index is 0.0537. The van der Waals surface area contributed by atoms with Crippen LogP contribution in [0.4, 0.5) is 5.69 Å². The Bertz CT molecular complexity index is 408. The highest BCUT2D eigenvalue weighted by Gasteiger charge is 2.19. The molecule has 1 aliphatic rings. The zero-order chi connectivity index (χ0) is 13.7. The predicted octanol–water partition coefficient (Wildman–Crippen LogP) is 1.25. The van der Waals surface area contributed by atoms with Crippen LogP contribution >= 0.6 is 0 Å². The molecule has 1 aliphatic heterocycles. The number of aryl methyl sites for hydroxylation is 1. The summed E-state index contributed by atoms with van der Waals surface area (Å²) in [6.07, 6.45) is 2.32. The van der Waals surface area contributed by atoms with E-state index in [1.165, 1.54) is 17.7 Å².